The molecule has 8 heteroatoms. The van der Waals surface area contributed by atoms with Crippen LogP contribution in [0.2, 0.25) is 10.0 Å². The summed E-state index contributed by atoms with van der Waals surface area (Å²) in [6, 6.07) is 12.6. The van der Waals surface area contributed by atoms with Gasteiger partial charge in [0.05, 0.1) is 12.1 Å². The minimum absolute atomic E-state index is 0. The first-order valence-corrected chi connectivity index (χ1v) is 10.1. The van der Waals surface area contributed by atoms with Crippen LogP contribution in [0.25, 0.3) is 0 Å². The molecule has 0 radical (unpaired) electrons. The van der Waals surface area contributed by atoms with Gasteiger partial charge in [0.25, 0.3) is 0 Å². The van der Waals surface area contributed by atoms with Crippen molar-refractivity contribution in [1.29, 1.82) is 0 Å². The summed E-state index contributed by atoms with van der Waals surface area (Å²) >= 11 is 12.1. The highest BCUT2D eigenvalue weighted by Crippen LogP contribution is 2.26. The van der Waals surface area contributed by atoms with E-state index >= 15 is 0 Å². The van der Waals surface area contributed by atoms with Gasteiger partial charge in [0.1, 0.15) is 0 Å². The van der Waals surface area contributed by atoms with Crippen LogP contribution in [-0.2, 0) is 10.8 Å². The average molecular weight is 526 g/mol. The molecule has 3 atom stereocenters. The fraction of sp³-hybridized carbons (Fsp3) is 0.278. The number of nitrogens with one attached hydrogen (secondary N) is 1. The Balaban J connectivity index is 0.00000338. The van der Waals surface area contributed by atoms with E-state index in [0.717, 1.165) is 16.0 Å². The lowest BCUT2D eigenvalue weighted by Gasteiger charge is -2.17. The summed E-state index contributed by atoms with van der Waals surface area (Å²) in [5, 5.41) is 4.31. The number of aliphatic imine (C=N–C) groups is 1. The summed E-state index contributed by atoms with van der Waals surface area (Å²) in [7, 11) is -0.989. The van der Waals surface area contributed by atoms with Crippen molar-refractivity contribution in [2.75, 3.05) is 6.26 Å². The van der Waals surface area contributed by atoms with Gasteiger partial charge in [0.15, 0.2) is 5.96 Å². The molecule has 2 rings (SSSR count). The fourth-order valence-electron chi connectivity index (χ4n) is 2.41. The summed E-state index contributed by atoms with van der Waals surface area (Å²) in [4.78, 5) is 5.26. The zero-order valence-electron chi connectivity index (χ0n) is 14.7. The molecule has 26 heavy (non-hydrogen) atoms. The van der Waals surface area contributed by atoms with Crippen LogP contribution >= 0.6 is 47.2 Å². The van der Waals surface area contributed by atoms with E-state index in [9.17, 15) is 4.21 Å². The van der Waals surface area contributed by atoms with Crippen LogP contribution < -0.4 is 11.1 Å². The number of halogens is 3. The van der Waals surface area contributed by atoms with Gasteiger partial charge in [-0.05, 0) is 49.2 Å². The highest BCUT2D eigenvalue weighted by molar-refractivity contribution is 14.0. The van der Waals surface area contributed by atoms with E-state index < -0.39 is 10.8 Å². The Hall–Kier alpha value is -0.830. The van der Waals surface area contributed by atoms with E-state index in [2.05, 4.69) is 10.3 Å². The molecule has 0 heterocycles. The third kappa shape index (κ3) is 6.40. The highest BCUT2D eigenvalue weighted by Gasteiger charge is 2.12. The van der Waals surface area contributed by atoms with Crippen LogP contribution in [-0.4, -0.2) is 16.4 Å². The molecular weight excluding hydrogens is 504 g/mol. The molecule has 3 unspecified atom stereocenters. The van der Waals surface area contributed by atoms with Gasteiger partial charge in [-0.3, -0.25) is 4.21 Å². The molecule has 2 aromatic rings. The van der Waals surface area contributed by atoms with Crippen molar-refractivity contribution in [3.05, 3.63) is 63.6 Å². The van der Waals surface area contributed by atoms with Gasteiger partial charge in [0.2, 0.25) is 0 Å². The molecule has 0 bridgehead atoms. The second kappa shape index (κ2) is 10.5. The highest BCUT2D eigenvalue weighted by atomic mass is 127. The Morgan fingerprint density at radius 2 is 1.77 bits per heavy atom. The average Bonchev–Trinajstić information content (AvgIpc) is 2.54. The zero-order chi connectivity index (χ0) is 18.6. The summed E-state index contributed by atoms with van der Waals surface area (Å²) in [5.41, 5.74) is 7.92. The van der Waals surface area contributed by atoms with Gasteiger partial charge in [-0.1, -0.05) is 41.4 Å². The second-order valence-corrected chi connectivity index (χ2v) is 7.97. The molecule has 0 aliphatic rings. The molecule has 0 fully saturated rings. The van der Waals surface area contributed by atoms with Crippen molar-refractivity contribution in [1.82, 2.24) is 5.32 Å². The first-order valence-electron chi connectivity index (χ1n) is 7.76. The molecule has 4 nitrogen and oxygen atoms in total. The molecule has 0 saturated carbocycles. The molecule has 0 saturated heterocycles. The van der Waals surface area contributed by atoms with Gasteiger partial charge < -0.3 is 11.1 Å². The number of hydrogen-bond acceptors (Lipinski definition) is 2. The number of rotatable bonds is 5. The Bertz CT molecular complexity index is 800. The number of nitrogens with zero attached hydrogens (tertiary/aromatic N) is 1. The molecular formula is C18H22Cl2IN3OS. The van der Waals surface area contributed by atoms with E-state index in [0.29, 0.717) is 16.0 Å². The molecule has 0 aromatic heterocycles. The van der Waals surface area contributed by atoms with Crippen molar-refractivity contribution in [3.8, 4) is 0 Å². The molecule has 3 N–H and O–H groups in total. The maximum Gasteiger partial charge on any atom is 0.189 e. The first kappa shape index (κ1) is 23.2. The molecule has 0 aliphatic carbocycles. The van der Waals surface area contributed by atoms with Crippen molar-refractivity contribution in [3.63, 3.8) is 0 Å². The topological polar surface area (TPSA) is 67.5 Å². The lowest BCUT2D eigenvalue weighted by molar-refractivity contribution is 0.686. The Labute approximate surface area is 184 Å². The standard InChI is InChI=1S/C18H21Cl2N3OS.HI/c1-11(13-4-7-15(8-5-13)25(3)24)22-18(21)23-12(2)16-9-6-14(19)10-17(16)20;/h4-12H,1-3H3,(H3,21,22,23);1H. The predicted octanol–water partition coefficient (Wildman–Crippen LogP) is 5.08. The minimum atomic E-state index is -0.989. The third-order valence-corrected chi connectivity index (χ3v) is 5.32. The van der Waals surface area contributed by atoms with E-state index in [1.165, 1.54) is 0 Å². The van der Waals surface area contributed by atoms with E-state index in [1.54, 1.807) is 18.4 Å². The molecule has 0 aliphatic heterocycles. The van der Waals surface area contributed by atoms with Gasteiger partial charge in [0, 0.05) is 32.0 Å². The van der Waals surface area contributed by atoms with Crippen LogP contribution in [0.1, 0.15) is 37.1 Å². The normalized spacial score (nSPS) is 14.9. The maximum atomic E-state index is 11.4. The van der Waals surface area contributed by atoms with Crippen LogP contribution in [0.4, 0.5) is 0 Å². The maximum absolute atomic E-state index is 11.4. The lowest BCUT2D eigenvalue weighted by atomic mass is 10.1. The quantitative estimate of drug-likeness (QED) is 0.325. The molecule has 142 valence electrons. The van der Waals surface area contributed by atoms with Gasteiger partial charge >= 0.3 is 0 Å². The van der Waals surface area contributed by atoms with Gasteiger partial charge in [-0.15, -0.1) is 24.0 Å². The zero-order valence-corrected chi connectivity index (χ0v) is 19.4. The number of guanidine groups is 1. The van der Waals surface area contributed by atoms with Crippen molar-refractivity contribution in [2.24, 2.45) is 10.7 Å². The van der Waals surface area contributed by atoms with Crippen LogP contribution in [0.15, 0.2) is 52.4 Å². The molecule has 0 spiro atoms. The largest absolute Gasteiger partial charge is 0.370 e. The van der Waals surface area contributed by atoms with Crippen molar-refractivity contribution >= 4 is 63.9 Å². The Kier molecular flexibility index (Phi) is 9.36. The second-order valence-electron chi connectivity index (χ2n) is 5.75. The Morgan fingerprint density at radius 1 is 1.15 bits per heavy atom. The third-order valence-electron chi connectivity index (χ3n) is 3.82. The molecule has 0 amide bonds. The van der Waals surface area contributed by atoms with E-state index in [-0.39, 0.29) is 36.1 Å². The minimum Gasteiger partial charge on any atom is -0.370 e. The van der Waals surface area contributed by atoms with Crippen LogP contribution in [0.5, 0.6) is 0 Å². The van der Waals surface area contributed by atoms with E-state index in [4.69, 9.17) is 28.9 Å². The fourth-order valence-corrected chi connectivity index (χ4v) is 3.50. The number of nitrogens with two attached hydrogens (primary N) is 1. The smallest absolute Gasteiger partial charge is 0.189 e. The summed E-state index contributed by atoms with van der Waals surface area (Å²) in [5.74, 6) is 0.328. The first-order chi connectivity index (χ1) is 11.8. The predicted molar refractivity (Wildman–Crippen MR) is 122 cm³/mol. The van der Waals surface area contributed by atoms with Crippen molar-refractivity contribution < 1.29 is 4.21 Å². The summed E-state index contributed by atoms with van der Waals surface area (Å²) in [6.07, 6.45) is 1.65. The monoisotopic (exact) mass is 525 g/mol. The van der Waals surface area contributed by atoms with E-state index in [1.807, 2.05) is 44.2 Å². The summed E-state index contributed by atoms with van der Waals surface area (Å²) in [6.45, 7) is 3.90. The Morgan fingerprint density at radius 3 is 2.31 bits per heavy atom. The number of hydrogen-bond donors (Lipinski definition) is 2. The van der Waals surface area contributed by atoms with Gasteiger partial charge in [-0.25, -0.2) is 4.99 Å². The molecule has 2 aromatic carbocycles. The van der Waals surface area contributed by atoms with Crippen molar-refractivity contribution in [2.45, 2.75) is 30.8 Å². The summed E-state index contributed by atoms with van der Waals surface area (Å²) < 4.78 is 11.4. The van der Waals surface area contributed by atoms with Crippen LogP contribution in [0.3, 0.4) is 0 Å². The van der Waals surface area contributed by atoms with Crippen LogP contribution in [0, 0.1) is 0 Å². The van der Waals surface area contributed by atoms with Gasteiger partial charge in [-0.2, -0.15) is 0 Å². The number of benzene rings is 2. The lowest BCUT2D eigenvalue weighted by Crippen LogP contribution is -2.34. The SMILES string of the molecule is CC(N=C(N)NC(C)c1ccc(Cl)cc1Cl)c1ccc(S(C)=O)cc1.I.